The number of likely N-dealkylation sites (N-methyl/N-ethyl adjacent to an activating group) is 1. The number of hydrogen-bond acceptors (Lipinski definition) is 4. The van der Waals surface area contributed by atoms with E-state index in [4.69, 9.17) is 4.74 Å². The van der Waals surface area contributed by atoms with Gasteiger partial charge in [-0.1, -0.05) is 26.0 Å². The van der Waals surface area contributed by atoms with E-state index in [2.05, 4.69) is 54.2 Å². The fourth-order valence-corrected chi connectivity index (χ4v) is 2.61. The van der Waals surface area contributed by atoms with Crippen LogP contribution in [-0.4, -0.2) is 56.2 Å². The van der Waals surface area contributed by atoms with Crippen LogP contribution >= 0.6 is 0 Å². The zero-order valence-electron chi connectivity index (χ0n) is 13.9. The molecule has 1 aliphatic heterocycles. The maximum atomic E-state index is 5.56. The topological polar surface area (TPSA) is 27.7 Å². The summed E-state index contributed by atoms with van der Waals surface area (Å²) in [5.41, 5.74) is 2.57. The van der Waals surface area contributed by atoms with Gasteiger partial charge >= 0.3 is 0 Å². The zero-order chi connectivity index (χ0) is 15.2. The Morgan fingerprint density at radius 1 is 1.19 bits per heavy atom. The van der Waals surface area contributed by atoms with E-state index < -0.39 is 0 Å². The molecular formula is C17H29N3O. The van der Waals surface area contributed by atoms with Gasteiger partial charge in [-0.05, 0) is 18.7 Å². The molecule has 0 saturated carbocycles. The van der Waals surface area contributed by atoms with Crippen molar-refractivity contribution in [2.24, 2.45) is 0 Å². The van der Waals surface area contributed by atoms with Crippen LogP contribution in [0, 0.1) is 0 Å². The molecule has 2 rings (SSSR count). The van der Waals surface area contributed by atoms with Crippen molar-refractivity contribution in [2.75, 3.05) is 40.3 Å². The molecule has 4 nitrogen and oxygen atoms in total. The van der Waals surface area contributed by atoms with Crippen LogP contribution in [0.15, 0.2) is 18.2 Å². The summed E-state index contributed by atoms with van der Waals surface area (Å²) in [6.07, 6.45) is 0. The molecule has 21 heavy (non-hydrogen) atoms. The molecule has 1 N–H and O–H groups in total. The van der Waals surface area contributed by atoms with Crippen LogP contribution in [0.2, 0.25) is 0 Å². The summed E-state index contributed by atoms with van der Waals surface area (Å²) < 4.78 is 5.56. The highest BCUT2D eigenvalue weighted by Crippen LogP contribution is 2.21. The van der Waals surface area contributed by atoms with Gasteiger partial charge in [0.05, 0.1) is 7.11 Å². The largest absolute Gasteiger partial charge is 0.496 e. The molecule has 0 unspecified atom stereocenters. The predicted octanol–water partition coefficient (Wildman–Crippen LogP) is 1.94. The molecular weight excluding hydrogens is 262 g/mol. The molecule has 0 bridgehead atoms. The van der Waals surface area contributed by atoms with Crippen molar-refractivity contribution in [1.29, 1.82) is 0 Å². The number of ether oxygens (including phenoxy) is 1. The minimum atomic E-state index is 0.486. The molecule has 0 aromatic heterocycles. The van der Waals surface area contributed by atoms with Crippen molar-refractivity contribution in [1.82, 2.24) is 15.1 Å². The van der Waals surface area contributed by atoms with Crippen molar-refractivity contribution >= 4 is 0 Å². The van der Waals surface area contributed by atoms with E-state index in [9.17, 15) is 0 Å². The molecule has 1 saturated heterocycles. The molecule has 1 fully saturated rings. The Hall–Kier alpha value is -1.10. The Bertz CT molecular complexity index is 440. The molecule has 1 aromatic rings. The Morgan fingerprint density at radius 2 is 1.90 bits per heavy atom. The smallest absolute Gasteiger partial charge is 0.123 e. The maximum Gasteiger partial charge on any atom is 0.123 e. The summed E-state index contributed by atoms with van der Waals surface area (Å²) in [6, 6.07) is 7.10. The highest BCUT2D eigenvalue weighted by Gasteiger charge is 2.14. The summed E-state index contributed by atoms with van der Waals surface area (Å²) in [7, 11) is 3.95. The number of benzene rings is 1. The van der Waals surface area contributed by atoms with E-state index in [0.717, 1.165) is 45.0 Å². The first-order chi connectivity index (χ1) is 10.1. The monoisotopic (exact) mass is 291 g/mol. The Morgan fingerprint density at radius 3 is 2.52 bits per heavy atom. The lowest BCUT2D eigenvalue weighted by atomic mass is 10.1. The third-order valence-corrected chi connectivity index (χ3v) is 4.05. The number of nitrogens with one attached hydrogen (secondary N) is 1. The minimum Gasteiger partial charge on any atom is -0.496 e. The first-order valence-electron chi connectivity index (χ1n) is 7.88. The number of hydrogen-bond donors (Lipinski definition) is 1. The van der Waals surface area contributed by atoms with Gasteiger partial charge in [-0.2, -0.15) is 0 Å². The Labute approximate surface area is 129 Å². The average molecular weight is 291 g/mol. The first-order valence-corrected chi connectivity index (χ1v) is 7.88. The van der Waals surface area contributed by atoms with Crippen molar-refractivity contribution in [3.05, 3.63) is 29.3 Å². The lowest BCUT2D eigenvalue weighted by molar-refractivity contribution is 0.148. The first kappa shape index (κ1) is 16.3. The molecule has 118 valence electrons. The molecule has 0 atom stereocenters. The van der Waals surface area contributed by atoms with Gasteiger partial charge in [0.1, 0.15) is 5.75 Å². The molecule has 4 heteroatoms. The lowest BCUT2D eigenvalue weighted by Gasteiger charge is -2.32. The van der Waals surface area contributed by atoms with Gasteiger partial charge in [0.25, 0.3) is 0 Å². The standard InChI is InChI=1S/C17H29N3O/c1-14(2)18-12-16-6-5-15(11-17(16)21-4)13-20-9-7-19(3)8-10-20/h5-6,11,14,18H,7-10,12-13H2,1-4H3. The second-order valence-electron chi connectivity index (χ2n) is 6.26. The van der Waals surface area contributed by atoms with E-state index in [1.165, 1.54) is 11.1 Å². The third kappa shape index (κ3) is 4.99. The SMILES string of the molecule is COc1cc(CN2CCN(C)CC2)ccc1CNC(C)C. The van der Waals surface area contributed by atoms with Gasteiger partial charge in [0.15, 0.2) is 0 Å². The maximum absolute atomic E-state index is 5.56. The van der Waals surface area contributed by atoms with Crippen molar-refractivity contribution in [3.63, 3.8) is 0 Å². The zero-order valence-corrected chi connectivity index (χ0v) is 13.9. The fourth-order valence-electron chi connectivity index (χ4n) is 2.61. The highest BCUT2D eigenvalue weighted by molar-refractivity contribution is 5.37. The fraction of sp³-hybridized carbons (Fsp3) is 0.647. The van der Waals surface area contributed by atoms with Gasteiger partial charge in [0, 0.05) is 50.9 Å². The normalized spacial score (nSPS) is 17.4. The van der Waals surface area contributed by atoms with E-state index in [1.54, 1.807) is 7.11 Å². The second-order valence-corrected chi connectivity index (χ2v) is 6.26. The molecule has 0 radical (unpaired) electrons. The number of piperazine rings is 1. The highest BCUT2D eigenvalue weighted by atomic mass is 16.5. The second kappa shape index (κ2) is 7.78. The van der Waals surface area contributed by atoms with Gasteiger partial charge < -0.3 is 15.0 Å². The van der Waals surface area contributed by atoms with Gasteiger partial charge in [-0.15, -0.1) is 0 Å². The van der Waals surface area contributed by atoms with E-state index in [1.807, 2.05) is 0 Å². The van der Waals surface area contributed by atoms with Crippen LogP contribution in [0.25, 0.3) is 0 Å². The molecule has 1 aliphatic rings. The van der Waals surface area contributed by atoms with Gasteiger partial charge in [-0.25, -0.2) is 0 Å². The van der Waals surface area contributed by atoms with E-state index in [-0.39, 0.29) is 0 Å². The minimum absolute atomic E-state index is 0.486. The van der Waals surface area contributed by atoms with Gasteiger partial charge in [-0.3, -0.25) is 4.90 Å². The number of nitrogens with zero attached hydrogens (tertiary/aromatic N) is 2. The quantitative estimate of drug-likeness (QED) is 0.867. The van der Waals surface area contributed by atoms with Crippen LogP contribution in [-0.2, 0) is 13.1 Å². The predicted molar refractivity (Wildman–Crippen MR) is 87.7 cm³/mol. The number of methoxy groups -OCH3 is 1. The van der Waals surface area contributed by atoms with Crippen LogP contribution in [0.4, 0.5) is 0 Å². The third-order valence-electron chi connectivity index (χ3n) is 4.05. The van der Waals surface area contributed by atoms with E-state index in [0.29, 0.717) is 6.04 Å². The van der Waals surface area contributed by atoms with Gasteiger partial charge in [0.2, 0.25) is 0 Å². The average Bonchev–Trinajstić information content (AvgIpc) is 2.48. The summed E-state index contributed by atoms with van der Waals surface area (Å²) >= 11 is 0. The van der Waals surface area contributed by atoms with Crippen LogP contribution in [0.1, 0.15) is 25.0 Å². The summed E-state index contributed by atoms with van der Waals surface area (Å²) in [5.74, 6) is 0.995. The molecule has 0 amide bonds. The Balaban J connectivity index is 1.97. The van der Waals surface area contributed by atoms with Crippen LogP contribution < -0.4 is 10.1 Å². The van der Waals surface area contributed by atoms with Crippen LogP contribution in [0.3, 0.4) is 0 Å². The van der Waals surface area contributed by atoms with Crippen molar-refractivity contribution < 1.29 is 4.74 Å². The summed E-state index contributed by atoms with van der Waals surface area (Å²) in [6.45, 7) is 10.8. The number of rotatable bonds is 6. The Kier molecular flexibility index (Phi) is 6.03. The molecule has 1 heterocycles. The van der Waals surface area contributed by atoms with Crippen LogP contribution in [0.5, 0.6) is 5.75 Å². The summed E-state index contributed by atoms with van der Waals surface area (Å²) in [5, 5.41) is 3.45. The summed E-state index contributed by atoms with van der Waals surface area (Å²) in [4.78, 5) is 4.90. The molecule has 0 spiro atoms. The van der Waals surface area contributed by atoms with E-state index >= 15 is 0 Å². The van der Waals surface area contributed by atoms with Crippen molar-refractivity contribution in [2.45, 2.75) is 33.0 Å². The molecule has 0 aliphatic carbocycles. The lowest BCUT2D eigenvalue weighted by Crippen LogP contribution is -2.43. The molecule has 1 aromatic carbocycles. The van der Waals surface area contributed by atoms with Crippen molar-refractivity contribution in [3.8, 4) is 5.75 Å².